The van der Waals surface area contributed by atoms with E-state index in [9.17, 15) is 28.8 Å². The molecule has 1 aromatic carbocycles. The topological polar surface area (TPSA) is 151 Å². The van der Waals surface area contributed by atoms with Crippen molar-refractivity contribution in [3.8, 4) is 0 Å². The Morgan fingerprint density at radius 3 is 2.31 bits per heavy atom. The van der Waals surface area contributed by atoms with Gasteiger partial charge in [0.15, 0.2) is 0 Å². The molecule has 35 heavy (non-hydrogen) atoms. The van der Waals surface area contributed by atoms with Crippen molar-refractivity contribution >= 4 is 35.6 Å². The van der Waals surface area contributed by atoms with Crippen molar-refractivity contribution in [2.75, 3.05) is 13.1 Å². The number of piperidine rings is 1. The molecule has 11 nitrogen and oxygen atoms in total. The Labute approximate surface area is 202 Å². The van der Waals surface area contributed by atoms with Crippen LogP contribution >= 0.6 is 0 Å². The number of nitrogens with zero attached hydrogens (tertiary/aromatic N) is 1. The lowest BCUT2D eigenvalue weighted by Gasteiger charge is -2.27. The van der Waals surface area contributed by atoms with Gasteiger partial charge in [-0.15, -0.1) is 0 Å². The van der Waals surface area contributed by atoms with Crippen LogP contribution in [0, 0.1) is 0 Å². The molecule has 1 saturated heterocycles. The van der Waals surface area contributed by atoms with Crippen molar-refractivity contribution in [3.05, 3.63) is 34.9 Å². The molecule has 0 bridgehead atoms. The number of hydrogen-bond acceptors (Lipinski definition) is 7. The molecule has 1 atom stereocenters. The summed E-state index contributed by atoms with van der Waals surface area (Å²) in [6.07, 6.45) is 1.82. The van der Waals surface area contributed by atoms with Gasteiger partial charge in [-0.3, -0.25) is 34.2 Å². The number of carbonyl (C=O) groups is 6. The summed E-state index contributed by atoms with van der Waals surface area (Å²) < 4.78 is 5.15. The average molecular weight is 487 g/mol. The number of ether oxygens (including phenoxy) is 1. The van der Waals surface area contributed by atoms with Crippen LogP contribution in [-0.2, 0) is 14.3 Å². The van der Waals surface area contributed by atoms with Crippen LogP contribution in [0.3, 0.4) is 0 Å². The van der Waals surface area contributed by atoms with E-state index in [-0.39, 0.29) is 35.4 Å². The number of amides is 6. The summed E-state index contributed by atoms with van der Waals surface area (Å²) in [4.78, 5) is 74.1. The van der Waals surface area contributed by atoms with Crippen LogP contribution in [0.4, 0.5) is 4.79 Å². The molecule has 1 unspecified atom stereocenters. The van der Waals surface area contributed by atoms with Gasteiger partial charge >= 0.3 is 6.09 Å². The van der Waals surface area contributed by atoms with Gasteiger partial charge in [-0.25, -0.2) is 4.79 Å². The number of unbranched alkanes of at least 4 members (excludes halogenated alkanes) is 2. The monoisotopic (exact) mass is 486 g/mol. The predicted octanol–water partition coefficient (Wildman–Crippen LogP) is 1.51. The van der Waals surface area contributed by atoms with E-state index in [1.807, 2.05) is 0 Å². The molecule has 2 aliphatic heterocycles. The molecule has 2 aliphatic rings. The van der Waals surface area contributed by atoms with E-state index < -0.39 is 41.4 Å². The Balaban J connectivity index is 1.47. The highest BCUT2D eigenvalue weighted by atomic mass is 16.6. The number of nitrogens with one attached hydrogen (secondary N) is 3. The van der Waals surface area contributed by atoms with E-state index in [0.717, 1.165) is 17.7 Å². The average Bonchev–Trinajstić information content (AvgIpc) is 3.01. The molecule has 1 fully saturated rings. The lowest BCUT2D eigenvalue weighted by atomic mass is 10.0. The molecule has 0 aliphatic carbocycles. The minimum Gasteiger partial charge on any atom is -0.444 e. The molecule has 6 amide bonds. The molecule has 0 radical (unpaired) electrons. The fraction of sp³-hybridized carbons (Fsp3) is 0.500. The van der Waals surface area contributed by atoms with Gasteiger partial charge in [-0.1, -0.05) is 0 Å². The number of fused-ring (bicyclic) bond motifs is 1. The summed E-state index contributed by atoms with van der Waals surface area (Å²) in [5, 5.41) is 7.59. The van der Waals surface area contributed by atoms with Gasteiger partial charge in [0, 0.05) is 25.1 Å². The molecule has 11 heteroatoms. The van der Waals surface area contributed by atoms with Gasteiger partial charge in [0.1, 0.15) is 11.6 Å². The molecular formula is C24H30N4O7. The van der Waals surface area contributed by atoms with Gasteiger partial charge in [-0.2, -0.15) is 0 Å². The second-order valence-electron chi connectivity index (χ2n) is 9.45. The van der Waals surface area contributed by atoms with Gasteiger partial charge in [0.05, 0.1) is 11.1 Å². The minimum absolute atomic E-state index is 0.0362. The second-order valence-corrected chi connectivity index (χ2v) is 9.45. The first-order valence-corrected chi connectivity index (χ1v) is 11.6. The van der Waals surface area contributed by atoms with Crippen molar-refractivity contribution in [3.63, 3.8) is 0 Å². The zero-order valence-electron chi connectivity index (χ0n) is 20.1. The van der Waals surface area contributed by atoms with Gasteiger partial charge < -0.3 is 15.4 Å². The largest absolute Gasteiger partial charge is 0.444 e. The van der Waals surface area contributed by atoms with Crippen molar-refractivity contribution in [2.45, 2.75) is 64.5 Å². The number of hydrogen-bond donors (Lipinski definition) is 3. The number of benzene rings is 1. The first-order chi connectivity index (χ1) is 16.5. The van der Waals surface area contributed by atoms with Crippen LogP contribution in [0.15, 0.2) is 18.2 Å². The molecule has 3 rings (SSSR count). The zero-order chi connectivity index (χ0) is 25.8. The number of rotatable bonds is 8. The zero-order valence-corrected chi connectivity index (χ0v) is 20.1. The van der Waals surface area contributed by atoms with E-state index in [1.165, 1.54) is 18.2 Å². The smallest absolute Gasteiger partial charge is 0.407 e. The van der Waals surface area contributed by atoms with Crippen molar-refractivity contribution < 1.29 is 33.5 Å². The molecular weight excluding hydrogens is 456 g/mol. The molecule has 0 saturated carbocycles. The highest BCUT2D eigenvalue weighted by Gasteiger charge is 2.44. The van der Waals surface area contributed by atoms with E-state index in [4.69, 9.17) is 4.74 Å². The van der Waals surface area contributed by atoms with Crippen molar-refractivity contribution in [1.29, 1.82) is 0 Å². The molecule has 0 spiro atoms. The Hall–Kier alpha value is -3.76. The fourth-order valence-electron chi connectivity index (χ4n) is 3.85. The Morgan fingerprint density at radius 2 is 1.66 bits per heavy atom. The summed E-state index contributed by atoms with van der Waals surface area (Å²) in [5.41, 5.74) is -0.150. The van der Waals surface area contributed by atoms with Gasteiger partial charge in [-0.05, 0) is 64.7 Å². The van der Waals surface area contributed by atoms with Crippen LogP contribution in [0.5, 0.6) is 0 Å². The predicted molar refractivity (Wildman–Crippen MR) is 124 cm³/mol. The Morgan fingerprint density at radius 1 is 1.00 bits per heavy atom. The summed E-state index contributed by atoms with van der Waals surface area (Å²) >= 11 is 0. The second kappa shape index (κ2) is 10.7. The van der Waals surface area contributed by atoms with E-state index in [0.29, 0.717) is 19.5 Å². The van der Waals surface area contributed by atoms with Crippen LogP contribution in [0.2, 0.25) is 0 Å². The molecule has 188 valence electrons. The highest BCUT2D eigenvalue weighted by molar-refractivity contribution is 6.24. The molecule has 2 heterocycles. The first-order valence-electron chi connectivity index (χ1n) is 11.6. The van der Waals surface area contributed by atoms with E-state index in [1.54, 1.807) is 20.8 Å². The fourth-order valence-corrected chi connectivity index (χ4v) is 3.85. The maximum Gasteiger partial charge on any atom is 0.407 e. The molecule has 3 N–H and O–H groups in total. The maximum absolute atomic E-state index is 12.9. The summed E-state index contributed by atoms with van der Waals surface area (Å²) in [6.45, 7) is 6.24. The third kappa shape index (κ3) is 6.43. The number of imide groups is 2. The maximum atomic E-state index is 12.9. The van der Waals surface area contributed by atoms with Crippen LogP contribution in [-0.4, -0.2) is 65.3 Å². The summed E-state index contributed by atoms with van der Waals surface area (Å²) in [6, 6.07) is 3.15. The van der Waals surface area contributed by atoms with E-state index >= 15 is 0 Å². The van der Waals surface area contributed by atoms with Crippen molar-refractivity contribution in [1.82, 2.24) is 20.9 Å². The SMILES string of the molecule is CC(C)(C)OC(=O)NCCCCCNC(=O)c1ccc2c(c1)C(=O)N(C1CCC(=O)NC1=O)C2=O. The normalized spacial score (nSPS) is 17.7. The summed E-state index contributed by atoms with van der Waals surface area (Å²) in [7, 11) is 0. The quantitative estimate of drug-likeness (QED) is 0.372. The highest BCUT2D eigenvalue weighted by Crippen LogP contribution is 2.28. The van der Waals surface area contributed by atoms with Crippen LogP contribution in [0.1, 0.15) is 83.9 Å². The minimum atomic E-state index is -1.05. The number of alkyl carbamates (subject to hydrolysis) is 1. The van der Waals surface area contributed by atoms with Crippen LogP contribution < -0.4 is 16.0 Å². The van der Waals surface area contributed by atoms with Crippen LogP contribution in [0.25, 0.3) is 0 Å². The van der Waals surface area contributed by atoms with Gasteiger partial charge in [0.25, 0.3) is 17.7 Å². The molecule has 0 aromatic heterocycles. The standard InChI is InChI=1S/C24H30N4O7/c1-24(2,3)35-23(34)26-12-6-4-5-11-25-19(30)14-7-8-15-16(13-14)22(33)28(21(15)32)17-9-10-18(29)27-20(17)31/h7-8,13,17H,4-6,9-12H2,1-3H3,(H,25,30)(H,26,34)(H,27,29,31). The lowest BCUT2D eigenvalue weighted by Crippen LogP contribution is -2.54. The summed E-state index contributed by atoms with van der Waals surface area (Å²) in [5.74, 6) is -2.80. The lowest BCUT2D eigenvalue weighted by molar-refractivity contribution is -0.136. The van der Waals surface area contributed by atoms with Crippen molar-refractivity contribution in [2.24, 2.45) is 0 Å². The Kier molecular flexibility index (Phi) is 7.88. The molecule has 1 aromatic rings. The number of carbonyl (C=O) groups excluding carboxylic acids is 6. The third-order valence-electron chi connectivity index (χ3n) is 5.51. The Bertz CT molecular complexity index is 1060. The van der Waals surface area contributed by atoms with E-state index in [2.05, 4.69) is 16.0 Å². The first kappa shape index (κ1) is 25.9. The van der Waals surface area contributed by atoms with Gasteiger partial charge in [0.2, 0.25) is 11.8 Å². The third-order valence-corrected chi connectivity index (χ3v) is 5.51.